The number of halogens is 2. The molecule has 0 bridgehead atoms. The average molecular weight is 675 g/mol. The minimum atomic E-state index is -4.08. The first-order valence-electron chi connectivity index (χ1n) is 14.2. The maximum atomic E-state index is 13.8. The minimum absolute atomic E-state index is 0.0162. The first-order chi connectivity index (χ1) is 19.6. The van der Waals surface area contributed by atoms with Gasteiger partial charge in [0.15, 0.2) is 0 Å². The van der Waals surface area contributed by atoms with E-state index in [9.17, 15) is 13.2 Å². The molecule has 1 saturated heterocycles. The third-order valence-electron chi connectivity index (χ3n) is 8.40. The van der Waals surface area contributed by atoms with E-state index in [4.69, 9.17) is 21.1 Å². The monoisotopic (exact) mass is 673 g/mol. The van der Waals surface area contributed by atoms with Crippen LogP contribution in [-0.4, -0.2) is 26.0 Å². The molecule has 2 aliphatic rings. The number of benzene rings is 3. The van der Waals surface area contributed by atoms with Crippen molar-refractivity contribution in [3.05, 3.63) is 92.9 Å². The van der Waals surface area contributed by atoms with E-state index >= 15 is 0 Å². The van der Waals surface area contributed by atoms with Crippen LogP contribution >= 0.6 is 27.5 Å². The number of hydrogen-bond donors (Lipinski definition) is 1. The van der Waals surface area contributed by atoms with Gasteiger partial charge in [0.25, 0.3) is 10.0 Å². The molecule has 0 aliphatic carbocycles. The van der Waals surface area contributed by atoms with Crippen molar-refractivity contribution in [1.82, 2.24) is 4.72 Å². The van der Waals surface area contributed by atoms with E-state index in [2.05, 4.69) is 59.6 Å². The lowest BCUT2D eigenvalue weighted by atomic mass is 9.70. The Morgan fingerprint density at radius 2 is 1.79 bits per heavy atom. The van der Waals surface area contributed by atoms with Gasteiger partial charge in [-0.05, 0) is 86.1 Å². The van der Waals surface area contributed by atoms with Gasteiger partial charge < -0.3 is 9.47 Å². The molecule has 0 aromatic heterocycles. The Balaban J connectivity index is 1.47. The fourth-order valence-electron chi connectivity index (χ4n) is 5.96. The molecule has 5 rings (SSSR count). The van der Waals surface area contributed by atoms with Gasteiger partial charge in [-0.25, -0.2) is 13.1 Å². The van der Waals surface area contributed by atoms with Crippen molar-refractivity contribution in [2.24, 2.45) is 11.8 Å². The van der Waals surface area contributed by atoms with E-state index < -0.39 is 33.6 Å². The summed E-state index contributed by atoms with van der Waals surface area (Å²) in [5.74, 6) is -0.634. The summed E-state index contributed by atoms with van der Waals surface area (Å²) in [5, 5.41) is 0.654. The van der Waals surface area contributed by atoms with Crippen molar-refractivity contribution in [2.75, 3.05) is 0 Å². The number of rotatable bonds is 6. The molecule has 42 heavy (non-hydrogen) atoms. The van der Waals surface area contributed by atoms with Crippen LogP contribution in [-0.2, 0) is 31.4 Å². The third kappa shape index (κ3) is 6.57. The molecule has 2 aliphatic heterocycles. The van der Waals surface area contributed by atoms with Crippen LogP contribution in [0.15, 0.2) is 76.1 Å². The first-order valence-corrected chi connectivity index (χ1v) is 16.8. The molecule has 9 heteroatoms. The largest absolute Gasteiger partial charge is 0.487 e. The molecule has 0 saturated carbocycles. The van der Waals surface area contributed by atoms with Gasteiger partial charge in [0.2, 0.25) is 5.91 Å². The van der Waals surface area contributed by atoms with Gasteiger partial charge in [-0.1, -0.05) is 78.6 Å². The van der Waals surface area contributed by atoms with Crippen LogP contribution in [0.2, 0.25) is 5.02 Å². The molecule has 1 N–H and O–H groups in total. The molecular formula is C33H37BrClNO5S. The standard InChI is InChI=1S/C33H37BrClNO5S/c1-32(2,3)21-12-15-25-29(17-21)41-33(4,5)27-19-26(31(37)36-42(38,39)24-8-6-7-22(34)18-24)28(40-30(25)27)16-11-20-9-13-23(35)14-10-20/h6-10,12-15,17-18,26-28,30H,11,16,19H2,1-5H3,(H,36,37)/t26-,27-,28-,30+/m0/s1. The number of carbonyl (C=O) groups excluding carboxylic acids is 1. The highest BCUT2D eigenvalue weighted by atomic mass is 79.9. The summed E-state index contributed by atoms with van der Waals surface area (Å²) in [5.41, 5.74) is 2.51. The molecule has 3 aromatic carbocycles. The Labute approximate surface area is 262 Å². The van der Waals surface area contributed by atoms with Crippen molar-refractivity contribution in [3.8, 4) is 5.75 Å². The van der Waals surface area contributed by atoms with Crippen LogP contribution in [0.5, 0.6) is 5.75 Å². The number of nitrogens with one attached hydrogen (secondary N) is 1. The Hall–Kier alpha value is -2.39. The summed E-state index contributed by atoms with van der Waals surface area (Å²) < 4.78 is 42.8. The lowest BCUT2D eigenvalue weighted by Gasteiger charge is -2.51. The molecule has 4 atom stereocenters. The Morgan fingerprint density at radius 1 is 1.07 bits per heavy atom. The summed E-state index contributed by atoms with van der Waals surface area (Å²) in [6, 6.07) is 20.2. The van der Waals surface area contributed by atoms with Crippen molar-refractivity contribution < 1.29 is 22.7 Å². The number of hydrogen-bond acceptors (Lipinski definition) is 5. The molecule has 0 spiro atoms. The van der Waals surface area contributed by atoms with Crippen LogP contribution in [0.1, 0.15) is 70.3 Å². The molecule has 3 aromatic rings. The Kier molecular flexibility index (Phi) is 8.58. The lowest BCUT2D eigenvalue weighted by Crippen LogP contribution is -2.54. The van der Waals surface area contributed by atoms with Crippen molar-refractivity contribution in [3.63, 3.8) is 0 Å². The molecule has 1 fully saturated rings. The van der Waals surface area contributed by atoms with E-state index in [1.807, 2.05) is 38.1 Å². The number of ether oxygens (including phenoxy) is 2. The maximum Gasteiger partial charge on any atom is 0.264 e. The molecule has 2 heterocycles. The number of amides is 1. The summed E-state index contributed by atoms with van der Waals surface area (Å²) in [4.78, 5) is 13.8. The summed E-state index contributed by atoms with van der Waals surface area (Å²) in [7, 11) is -4.08. The van der Waals surface area contributed by atoms with Crippen molar-refractivity contribution >= 4 is 43.5 Å². The predicted molar refractivity (Wildman–Crippen MR) is 168 cm³/mol. The second-order valence-corrected chi connectivity index (χ2v) is 15.9. The zero-order valence-electron chi connectivity index (χ0n) is 24.5. The summed E-state index contributed by atoms with van der Waals surface area (Å²) >= 11 is 9.40. The highest BCUT2D eigenvalue weighted by Gasteiger charge is 2.52. The van der Waals surface area contributed by atoms with Gasteiger partial charge in [0.05, 0.1) is 23.0 Å². The van der Waals surface area contributed by atoms with E-state index in [1.54, 1.807) is 12.1 Å². The average Bonchev–Trinajstić information content (AvgIpc) is 2.91. The highest BCUT2D eigenvalue weighted by molar-refractivity contribution is 9.10. The fraction of sp³-hybridized carbons (Fsp3) is 0.424. The highest BCUT2D eigenvalue weighted by Crippen LogP contribution is 2.53. The second kappa shape index (κ2) is 11.6. The molecule has 1 amide bonds. The van der Waals surface area contributed by atoms with E-state index in [0.717, 1.165) is 16.9 Å². The number of sulfonamides is 1. The normalized spacial score (nSPS) is 23.3. The van der Waals surface area contributed by atoms with Crippen LogP contribution in [0.25, 0.3) is 0 Å². The molecular weight excluding hydrogens is 638 g/mol. The predicted octanol–water partition coefficient (Wildman–Crippen LogP) is 7.77. The van der Waals surface area contributed by atoms with Gasteiger partial charge in [-0.2, -0.15) is 0 Å². The Morgan fingerprint density at radius 3 is 2.45 bits per heavy atom. The van der Waals surface area contributed by atoms with Gasteiger partial charge in [-0.3, -0.25) is 4.79 Å². The second-order valence-electron chi connectivity index (χ2n) is 12.8. The van der Waals surface area contributed by atoms with Crippen LogP contribution in [0.4, 0.5) is 0 Å². The number of carbonyl (C=O) groups is 1. The molecule has 224 valence electrons. The van der Waals surface area contributed by atoms with E-state index in [-0.39, 0.29) is 22.3 Å². The third-order valence-corrected chi connectivity index (χ3v) is 10.5. The SMILES string of the molecule is CC(C)(C)c1ccc2c(c1)OC(C)(C)[C@H]1C[C@H](C(=O)NS(=O)(=O)c3cccc(Br)c3)[C@H](CCc3ccc(Cl)cc3)O[C@H]21. The summed E-state index contributed by atoms with van der Waals surface area (Å²) in [6.45, 7) is 10.5. The van der Waals surface area contributed by atoms with Crippen LogP contribution in [0.3, 0.4) is 0 Å². The summed E-state index contributed by atoms with van der Waals surface area (Å²) in [6.07, 6.45) is 0.805. The zero-order chi connectivity index (χ0) is 30.4. The van der Waals surface area contributed by atoms with Crippen LogP contribution in [0, 0.1) is 11.8 Å². The topological polar surface area (TPSA) is 81.7 Å². The van der Waals surface area contributed by atoms with Gasteiger partial charge in [-0.15, -0.1) is 0 Å². The fourth-order valence-corrected chi connectivity index (χ4v) is 7.71. The first kappa shape index (κ1) is 31.0. The van der Waals surface area contributed by atoms with Crippen molar-refractivity contribution in [2.45, 2.75) is 82.0 Å². The quantitative estimate of drug-likeness (QED) is 0.289. The minimum Gasteiger partial charge on any atom is -0.487 e. The number of aryl methyl sites for hydroxylation is 1. The smallest absolute Gasteiger partial charge is 0.264 e. The van der Waals surface area contributed by atoms with E-state index in [0.29, 0.717) is 28.8 Å². The van der Waals surface area contributed by atoms with Crippen LogP contribution < -0.4 is 9.46 Å². The number of fused-ring (bicyclic) bond motifs is 3. The maximum absolute atomic E-state index is 13.8. The van der Waals surface area contributed by atoms with Gasteiger partial charge in [0.1, 0.15) is 11.4 Å². The zero-order valence-corrected chi connectivity index (χ0v) is 27.6. The van der Waals surface area contributed by atoms with E-state index in [1.165, 1.54) is 17.7 Å². The Bertz CT molecular complexity index is 1580. The van der Waals surface area contributed by atoms with Crippen molar-refractivity contribution in [1.29, 1.82) is 0 Å². The van der Waals surface area contributed by atoms with Gasteiger partial charge in [0, 0.05) is 21.0 Å². The molecule has 6 nitrogen and oxygen atoms in total. The molecule has 0 unspecified atom stereocenters. The van der Waals surface area contributed by atoms with Gasteiger partial charge >= 0.3 is 0 Å². The molecule has 0 radical (unpaired) electrons. The lowest BCUT2D eigenvalue weighted by molar-refractivity contribution is -0.179.